The molecule has 0 radical (unpaired) electrons. The molecule has 0 aromatic carbocycles. The zero-order chi connectivity index (χ0) is 16.6. The monoisotopic (exact) mass is 318 g/mol. The van der Waals surface area contributed by atoms with Gasteiger partial charge in [-0.1, -0.05) is 13.8 Å². The number of carbonyl (C=O) groups is 1. The van der Waals surface area contributed by atoms with E-state index in [1.165, 1.54) is 4.57 Å². The number of Topliss-reactive ketones (excluding diaryl/α,β-unsaturated/α-hetero) is 1. The molecule has 2 aromatic heterocycles. The van der Waals surface area contributed by atoms with Crippen LogP contribution in [0.2, 0.25) is 0 Å². The highest BCUT2D eigenvalue weighted by molar-refractivity contribution is 5.81. The van der Waals surface area contributed by atoms with Crippen LogP contribution in [0.3, 0.4) is 0 Å². The molecule has 3 rings (SSSR count). The van der Waals surface area contributed by atoms with Gasteiger partial charge < -0.3 is 4.98 Å². The van der Waals surface area contributed by atoms with Crippen LogP contribution in [-0.4, -0.2) is 24.9 Å². The van der Waals surface area contributed by atoms with Crippen LogP contribution < -0.4 is 11.2 Å². The standard InChI is InChI=1S/C16H22N4O3/c1-3-7-19-14-12(15(22)20(8-4-2)16(19)23)17-13(18-14)10-5-6-11(21)9-10/h10H,3-9H2,1-2H3,(H,17,18)/t10-/m0/s1. The van der Waals surface area contributed by atoms with E-state index in [1.54, 1.807) is 4.57 Å². The van der Waals surface area contributed by atoms with Crippen molar-refractivity contribution in [3.8, 4) is 0 Å². The van der Waals surface area contributed by atoms with Crippen molar-refractivity contribution in [1.82, 2.24) is 19.1 Å². The molecule has 1 atom stereocenters. The Morgan fingerprint density at radius 3 is 2.43 bits per heavy atom. The number of fused-ring (bicyclic) bond motifs is 1. The van der Waals surface area contributed by atoms with Crippen molar-refractivity contribution < 1.29 is 4.79 Å². The Morgan fingerprint density at radius 2 is 1.83 bits per heavy atom. The number of rotatable bonds is 5. The van der Waals surface area contributed by atoms with E-state index in [1.807, 2.05) is 13.8 Å². The minimum atomic E-state index is -0.317. The summed E-state index contributed by atoms with van der Waals surface area (Å²) < 4.78 is 2.85. The van der Waals surface area contributed by atoms with Gasteiger partial charge >= 0.3 is 5.69 Å². The Labute approximate surface area is 133 Å². The molecule has 1 aliphatic carbocycles. The van der Waals surface area contributed by atoms with Gasteiger partial charge in [-0.15, -0.1) is 0 Å². The number of nitrogens with one attached hydrogen (secondary N) is 1. The minimum Gasteiger partial charge on any atom is -0.336 e. The summed E-state index contributed by atoms with van der Waals surface area (Å²) in [7, 11) is 0. The first-order valence-corrected chi connectivity index (χ1v) is 8.31. The first-order valence-electron chi connectivity index (χ1n) is 8.31. The molecule has 1 fully saturated rings. The van der Waals surface area contributed by atoms with Crippen LogP contribution in [0.25, 0.3) is 11.2 Å². The van der Waals surface area contributed by atoms with Gasteiger partial charge in [0.15, 0.2) is 5.65 Å². The zero-order valence-corrected chi connectivity index (χ0v) is 13.6. The third-order valence-electron chi connectivity index (χ3n) is 4.41. The van der Waals surface area contributed by atoms with Gasteiger partial charge in [0, 0.05) is 31.8 Å². The van der Waals surface area contributed by atoms with Crippen molar-refractivity contribution in [3.63, 3.8) is 0 Å². The number of nitrogens with zero attached hydrogens (tertiary/aromatic N) is 3. The lowest BCUT2D eigenvalue weighted by molar-refractivity contribution is -0.117. The van der Waals surface area contributed by atoms with E-state index < -0.39 is 0 Å². The molecule has 2 aromatic rings. The van der Waals surface area contributed by atoms with Crippen molar-refractivity contribution in [3.05, 3.63) is 26.7 Å². The number of carbonyl (C=O) groups excluding carboxylic acids is 1. The first kappa shape index (κ1) is 15.7. The second kappa shape index (κ2) is 6.14. The molecule has 0 amide bonds. The Hall–Kier alpha value is -2.18. The normalized spacial score (nSPS) is 18.2. The third kappa shape index (κ3) is 2.64. The molecule has 1 aliphatic rings. The highest BCUT2D eigenvalue weighted by Crippen LogP contribution is 2.30. The number of aryl methyl sites for hydroxylation is 1. The zero-order valence-electron chi connectivity index (χ0n) is 13.6. The molecule has 7 heteroatoms. The number of hydrogen-bond acceptors (Lipinski definition) is 4. The van der Waals surface area contributed by atoms with Crippen LogP contribution in [0.4, 0.5) is 0 Å². The maximum absolute atomic E-state index is 12.6. The molecule has 7 nitrogen and oxygen atoms in total. The lowest BCUT2D eigenvalue weighted by atomic mass is 10.1. The van der Waals surface area contributed by atoms with Gasteiger partial charge in [-0.3, -0.25) is 18.7 Å². The molecule has 1 saturated carbocycles. The predicted molar refractivity (Wildman–Crippen MR) is 86.8 cm³/mol. The van der Waals surface area contributed by atoms with Gasteiger partial charge in [0.2, 0.25) is 0 Å². The van der Waals surface area contributed by atoms with E-state index in [-0.39, 0.29) is 23.0 Å². The smallest absolute Gasteiger partial charge is 0.332 e. The van der Waals surface area contributed by atoms with E-state index in [9.17, 15) is 14.4 Å². The fraction of sp³-hybridized carbons (Fsp3) is 0.625. The van der Waals surface area contributed by atoms with Crippen LogP contribution in [-0.2, 0) is 17.9 Å². The summed E-state index contributed by atoms with van der Waals surface area (Å²) in [6, 6.07) is 0. The Bertz CT molecular complexity index is 859. The van der Waals surface area contributed by atoms with Crippen LogP contribution >= 0.6 is 0 Å². The number of imidazole rings is 1. The maximum atomic E-state index is 12.6. The lowest BCUT2D eigenvalue weighted by Crippen LogP contribution is -2.40. The van der Waals surface area contributed by atoms with Crippen LogP contribution in [0.15, 0.2) is 9.59 Å². The SMILES string of the molecule is CCCn1c(=O)c2[nH]c([C@H]3CCC(=O)C3)nc2n(CCC)c1=O. The van der Waals surface area contributed by atoms with Gasteiger partial charge in [0.1, 0.15) is 17.1 Å². The Balaban J connectivity index is 2.21. The maximum Gasteiger partial charge on any atom is 0.332 e. The van der Waals surface area contributed by atoms with Crippen molar-refractivity contribution in [1.29, 1.82) is 0 Å². The van der Waals surface area contributed by atoms with Crippen molar-refractivity contribution >= 4 is 16.9 Å². The molecule has 2 heterocycles. The average Bonchev–Trinajstić information content (AvgIpc) is 3.14. The fourth-order valence-electron chi connectivity index (χ4n) is 3.27. The van der Waals surface area contributed by atoms with E-state index in [0.717, 1.165) is 12.8 Å². The van der Waals surface area contributed by atoms with Gasteiger partial charge in [-0.25, -0.2) is 9.78 Å². The summed E-state index contributed by atoms with van der Waals surface area (Å²) >= 11 is 0. The number of ketones is 1. The molecule has 0 spiro atoms. The van der Waals surface area contributed by atoms with Crippen molar-refractivity contribution in [2.45, 2.75) is 65.0 Å². The number of aromatic nitrogens is 4. The van der Waals surface area contributed by atoms with Crippen LogP contribution in [0, 0.1) is 0 Å². The molecule has 0 unspecified atom stereocenters. The summed E-state index contributed by atoms with van der Waals surface area (Å²) in [4.78, 5) is 44.3. The third-order valence-corrected chi connectivity index (χ3v) is 4.41. The summed E-state index contributed by atoms with van der Waals surface area (Å²) in [5.41, 5.74) is 0.179. The van der Waals surface area contributed by atoms with Gasteiger partial charge in [-0.05, 0) is 19.3 Å². The second-order valence-corrected chi connectivity index (χ2v) is 6.19. The van der Waals surface area contributed by atoms with Gasteiger partial charge in [0.25, 0.3) is 5.56 Å². The molecule has 0 saturated heterocycles. The van der Waals surface area contributed by atoms with Crippen LogP contribution in [0.1, 0.15) is 57.7 Å². The van der Waals surface area contributed by atoms with E-state index in [2.05, 4.69) is 9.97 Å². The minimum absolute atomic E-state index is 0.0269. The highest BCUT2D eigenvalue weighted by atomic mass is 16.2. The molecular formula is C16H22N4O3. The van der Waals surface area contributed by atoms with Crippen molar-refractivity contribution in [2.24, 2.45) is 0 Å². The number of aromatic amines is 1. The second-order valence-electron chi connectivity index (χ2n) is 6.19. The van der Waals surface area contributed by atoms with E-state index in [0.29, 0.717) is 49.3 Å². The highest BCUT2D eigenvalue weighted by Gasteiger charge is 2.27. The summed E-state index contributed by atoms with van der Waals surface area (Å²) in [5.74, 6) is 0.908. The molecular weight excluding hydrogens is 296 g/mol. The largest absolute Gasteiger partial charge is 0.336 e. The van der Waals surface area contributed by atoms with E-state index >= 15 is 0 Å². The fourth-order valence-corrected chi connectivity index (χ4v) is 3.27. The van der Waals surface area contributed by atoms with Crippen LogP contribution in [0.5, 0.6) is 0 Å². The van der Waals surface area contributed by atoms with E-state index in [4.69, 9.17) is 0 Å². The molecule has 23 heavy (non-hydrogen) atoms. The average molecular weight is 318 g/mol. The summed E-state index contributed by atoms with van der Waals surface area (Å²) in [6.45, 7) is 4.83. The molecule has 0 bridgehead atoms. The van der Waals surface area contributed by atoms with Crippen molar-refractivity contribution in [2.75, 3.05) is 0 Å². The lowest BCUT2D eigenvalue weighted by Gasteiger charge is -2.09. The summed E-state index contributed by atoms with van der Waals surface area (Å²) in [6.07, 6.45) is 3.26. The first-order chi connectivity index (χ1) is 11.1. The Kier molecular flexibility index (Phi) is 4.19. The summed E-state index contributed by atoms with van der Waals surface area (Å²) in [5, 5.41) is 0. The molecule has 0 aliphatic heterocycles. The number of H-pyrrole nitrogens is 1. The molecule has 124 valence electrons. The number of hydrogen-bond donors (Lipinski definition) is 1. The predicted octanol–water partition coefficient (Wildman–Crippen LogP) is 1.54. The Morgan fingerprint density at radius 1 is 1.13 bits per heavy atom. The van der Waals surface area contributed by atoms with Gasteiger partial charge in [0.05, 0.1) is 0 Å². The topological polar surface area (TPSA) is 89.8 Å². The molecule has 1 N–H and O–H groups in total. The quantitative estimate of drug-likeness (QED) is 0.905. The van der Waals surface area contributed by atoms with Gasteiger partial charge in [-0.2, -0.15) is 0 Å².